The Balaban J connectivity index is 0.00000480. The van der Waals surface area contributed by atoms with Gasteiger partial charge in [-0.15, -0.1) is 0 Å². The summed E-state index contributed by atoms with van der Waals surface area (Å²) >= 11 is 0. The number of benzene rings is 1. The molecule has 0 heterocycles. The zero-order valence-electron chi connectivity index (χ0n) is 19.6. The van der Waals surface area contributed by atoms with Crippen molar-refractivity contribution in [3.05, 3.63) is 35.4 Å². The van der Waals surface area contributed by atoms with Crippen molar-refractivity contribution in [3.8, 4) is 0 Å². The highest BCUT2D eigenvalue weighted by molar-refractivity contribution is 6.62. The van der Waals surface area contributed by atoms with E-state index < -0.39 is 17.6 Å². The molecule has 0 N–H and O–H groups in total. The van der Waals surface area contributed by atoms with Gasteiger partial charge in [0.05, 0.1) is 0 Å². The molecule has 188 valence electrons. The Morgan fingerprint density at radius 2 is 1.22 bits per heavy atom. The maximum absolute atomic E-state index is 5.71. The lowest BCUT2D eigenvalue weighted by atomic mass is 9.80. The summed E-state index contributed by atoms with van der Waals surface area (Å²) in [4.78, 5) is 0. The largest absolute Gasteiger partial charge is 0.503 e. The van der Waals surface area contributed by atoms with Gasteiger partial charge in [0.1, 0.15) is 0 Å². The summed E-state index contributed by atoms with van der Waals surface area (Å²) in [5.41, 5.74) is 3.18. The molecule has 8 heteroatoms. The van der Waals surface area contributed by atoms with Gasteiger partial charge in [-0.3, -0.25) is 0 Å². The van der Waals surface area contributed by atoms with Crippen LogP contribution >= 0.6 is 0 Å². The van der Waals surface area contributed by atoms with Crippen molar-refractivity contribution in [2.24, 2.45) is 5.92 Å². The highest BCUT2D eigenvalue weighted by atomic mass is 28.4. The van der Waals surface area contributed by atoms with Crippen LogP contribution in [0.2, 0.25) is 11.6 Å². The van der Waals surface area contributed by atoms with E-state index in [1.807, 2.05) is 0 Å². The van der Waals surface area contributed by atoms with Gasteiger partial charge in [0.25, 0.3) is 0 Å². The van der Waals surface area contributed by atoms with Crippen LogP contribution in [0.1, 0.15) is 58.1 Å². The van der Waals surface area contributed by atoms with Crippen LogP contribution in [-0.4, -0.2) is 60.3 Å². The number of hydrogen-bond donors (Lipinski definition) is 0. The van der Waals surface area contributed by atoms with E-state index in [4.69, 9.17) is 26.6 Å². The van der Waals surface area contributed by atoms with Gasteiger partial charge in [0, 0.05) is 54.2 Å². The molecule has 0 amide bonds. The second kappa shape index (κ2) is 15.3. The molecule has 1 saturated carbocycles. The number of hydrogen-bond acceptors (Lipinski definition) is 6. The number of unbranched alkanes of at least 4 members (excludes halogenated alkanes) is 2. The molecule has 0 aromatic heterocycles. The first-order chi connectivity index (χ1) is 14.5. The first-order valence-corrected chi connectivity index (χ1v) is 14.6. The summed E-state index contributed by atoms with van der Waals surface area (Å²) in [6.45, 7) is 0. The van der Waals surface area contributed by atoms with Crippen LogP contribution in [0, 0.1) is 5.92 Å². The SMILES string of the molecule is C.C.CO[Si](CCCCCc1ccc(CC2CCC2[Si](OC)(OC)OC)cc1)(OC)OC. The van der Waals surface area contributed by atoms with Crippen LogP contribution in [0.5, 0.6) is 0 Å². The van der Waals surface area contributed by atoms with Crippen molar-refractivity contribution in [1.29, 1.82) is 0 Å². The second-order valence-corrected chi connectivity index (χ2v) is 14.3. The van der Waals surface area contributed by atoms with Gasteiger partial charge in [-0.1, -0.05) is 45.5 Å². The lowest BCUT2D eigenvalue weighted by molar-refractivity contribution is 0.0791. The molecule has 1 fully saturated rings. The van der Waals surface area contributed by atoms with E-state index in [1.54, 1.807) is 42.7 Å². The van der Waals surface area contributed by atoms with Gasteiger partial charge < -0.3 is 26.6 Å². The van der Waals surface area contributed by atoms with Crippen LogP contribution in [0.3, 0.4) is 0 Å². The van der Waals surface area contributed by atoms with Crippen LogP contribution in [0.15, 0.2) is 24.3 Å². The monoisotopic (exact) mass is 488 g/mol. The molecule has 1 aromatic carbocycles. The standard InChI is InChI=1S/C22H40O6Si2.2CH4/c1-23-29(24-2,25-3)17-9-7-8-10-19-11-13-20(14-12-19)18-21-15-16-22(21)30(26-4,27-5)28-6;;/h11-14,21-22H,7-10,15-18H2,1-6H3;2*1H4. The van der Waals surface area contributed by atoms with Gasteiger partial charge in [-0.05, 0) is 55.6 Å². The molecule has 6 nitrogen and oxygen atoms in total. The Morgan fingerprint density at radius 1 is 0.688 bits per heavy atom. The molecule has 0 radical (unpaired) electrons. The molecule has 1 aromatic rings. The van der Waals surface area contributed by atoms with Crippen molar-refractivity contribution >= 4 is 17.6 Å². The summed E-state index contributed by atoms with van der Waals surface area (Å²) < 4.78 is 33.6. The molecule has 2 unspecified atom stereocenters. The molecule has 1 aliphatic rings. The zero-order valence-corrected chi connectivity index (χ0v) is 21.6. The Morgan fingerprint density at radius 3 is 1.66 bits per heavy atom. The summed E-state index contributed by atoms with van der Waals surface area (Å²) in [5.74, 6) is 0.578. The fourth-order valence-electron chi connectivity index (χ4n) is 4.53. The van der Waals surface area contributed by atoms with Crippen molar-refractivity contribution in [2.75, 3.05) is 42.7 Å². The van der Waals surface area contributed by atoms with Crippen LogP contribution in [0.4, 0.5) is 0 Å². The van der Waals surface area contributed by atoms with Gasteiger partial charge in [-0.25, -0.2) is 0 Å². The number of aryl methyl sites for hydroxylation is 1. The fraction of sp³-hybridized carbons (Fsp3) is 0.750. The lowest BCUT2D eigenvalue weighted by Gasteiger charge is -2.44. The topological polar surface area (TPSA) is 55.4 Å². The third-order valence-corrected chi connectivity index (χ3v) is 12.8. The van der Waals surface area contributed by atoms with Crippen LogP contribution in [0.25, 0.3) is 0 Å². The van der Waals surface area contributed by atoms with Gasteiger partial charge in [-0.2, -0.15) is 0 Å². The summed E-state index contributed by atoms with van der Waals surface area (Å²) in [6, 6.07) is 9.97. The molecule has 2 rings (SSSR count). The van der Waals surface area contributed by atoms with E-state index in [0.29, 0.717) is 11.5 Å². The number of rotatable bonds is 15. The Kier molecular flexibility index (Phi) is 15.1. The molecule has 0 spiro atoms. The van der Waals surface area contributed by atoms with E-state index in [1.165, 1.54) is 17.5 Å². The minimum atomic E-state index is -2.53. The average molecular weight is 489 g/mol. The predicted octanol–water partition coefficient (Wildman–Crippen LogP) is 5.75. The molecule has 32 heavy (non-hydrogen) atoms. The molecule has 0 bridgehead atoms. The highest BCUT2D eigenvalue weighted by Gasteiger charge is 2.54. The molecule has 2 atom stereocenters. The normalized spacial score (nSPS) is 18.4. The minimum absolute atomic E-state index is 0. The van der Waals surface area contributed by atoms with Crippen molar-refractivity contribution < 1.29 is 26.6 Å². The fourth-order valence-corrected chi connectivity index (χ4v) is 9.12. The average Bonchev–Trinajstić information content (AvgIpc) is 2.78. The first kappa shape index (κ1) is 31.4. The predicted molar refractivity (Wildman–Crippen MR) is 136 cm³/mol. The van der Waals surface area contributed by atoms with E-state index >= 15 is 0 Å². The van der Waals surface area contributed by atoms with Crippen LogP contribution in [-0.2, 0) is 39.4 Å². The molecular weight excluding hydrogens is 440 g/mol. The second-order valence-electron chi connectivity index (χ2n) is 8.04. The minimum Gasteiger partial charge on any atom is -0.377 e. The highest BCUT2D eigenvalue weighted by Crippen LogP contribution is 2.48. The quantitative estimate of drug-likeness (QED) is 0.231. The zero-order chi connectivity index (χ0) is 22.0. The smallest absolute Gasteiger partial charge is 0.377 e. The molecule has 1 aliphatic carbocycles. The first-order valence-electron chi connectivity index (χ1n) is 10.9. The van der Waals surface area contributed by atoms with Gasteiger partial charge >= 0.3 is 17.6 Å². The molecular formula is C24H48O6Si2. The van der Waals surface area contributed by atoms with Gasteiger partial charge in [0.15, 0.2) is 0 Å². The maximum Gasteiger partial charge on any atom is 0.503 e. The molecule has 0 aliphatic heterocycles. The molecule has 0 saturated heterocycles. The Bertz CT molecular complexity index is 588. The van der Waals surface area contributed by atoms with Gasteiger partial charge in [0.2, 0.25) is 0 Å². The summed E-state index contributed by atoms with van der Waals surface area (Å²) in [7, 11) is 5.21. The van der Waals surface area contributed by atoms with Crippen molar-refractivity contribution in [1.82, 2.24) is 0 Å². The summed E-state index contributed by atoms with van der Waals surface area (Å²) in [6.07, 6.45) is 7.88. The van der Waals surface area contributed by atoms with Crippen LogP contribution < -0.4 is 0 Å². The van der Waals surface area contributed by atoms with E-state index in [9.17, 15) is 0 Å². The van der Waals surface area contributed by atoms with E-state index in [2.05, 4.69) is 24.3 Å². The third-order valence-electron chi connectivity index (χ3n) is 6.63. The van der Waals surface area contributed by atoms with E-state index in [-0.39, 0.29) is 14.9 Å². The Labute approximate surface area is 199 Å². The third kappa shape index (κ3) is 7.73. The Hall–Kier alpha value is -0.586. The maximum atomic E-state index is 5.71. The van der Waals surface area contributed by atoms with Crippen molar-refractivity contribution in [3.63, 3.8) is 0 Å². The summed E-state index contributed by atoms with van der Waals surface area (Å²) in [5, 5.41) is 0. The van der Waals surface area contributed by atoms with Crippen molar-refractivity contribution in [2.45, 2.75) is 71.4 Å². The van der Waals surface area contributed by atoms with E-state index in [0.717, 1.165) is 44.6 Å². The lowest BCUT2D eigenvalue weighted by Crippen LogP contribution is -2.53.